The van der Waals surface area contributed by atoms with Gasteiger partial charge in [0.1, 0.15) is 17.1 Å². The fourth-order valence-corrected chi connectivity index (χ4v) is 1.76. The Morgan fingerprint density at radius 1 is 1.23 bits per heavy atom. The van der Waals surface area contributed by atoms with Gasteiger partial charge in [-0.3, -0.25) is 4.55 Å². The van der Waals surface area contributed by atoms with E-state index in [1.165, 1.54) is 6.07 Å². The molecule has 0 aromatic heterocycles. The third kappa shape index (κ3) is 1.09. The standard InChI is InChI=1S/C6H4N2O4S/c9-4-2-1-3-5(8-7-3)6(4)13(10,11)12/h1-2,9H,(H,10,11,12). The predicted molar refractivity (Wildman–Crippen MR) is 42.1 cm³/mol. The number of phenolic OH excluding ortho intramolecular Hbond substituents is 1. The summed E-state index contributed by atoms with van der Waals surface area (Å²) in [5.41, 5.74) is 0.341. The number of azo groups is 1. The highest BCUT2D eigenvalue weighted by molar-refractivity contribution is 7.86. The third-order valence-corrected chi connectivity index (χ3v) is 2.52. The minimum atomic E-state index is -4.44. The van der Waals surface area contributed by atoms with Crippen molar-refractivity contribution in [1.29, 1.82) is 0 Å². The van der Waals surface area contributed by atoms with Gasteiger partial charge >= 0.3 is 10.1 Å². The molecule has 0 saturated heterocycles. The van der Waals surface area contributed by atoms with Crippen LogP contribution in [-0.4, -0.2) is 18.1 Å². The van der Waals surface area contributed by atoms with Crippen LogP contribution in [0.5, 0.6) is 5.75 Å². The summed E-state index contributed by atoms with van der Waals surface area (Å²) >= 11 is 0. The van der Waals surface area contributed by atoms with E-state index in [2.05, 4.69) is 10.2 Å². The second kappa shape index (κ2) is 2.27. The van der Waals surface area contributed by atoms with Gasteiger partial charge in [-0.15, -0.1) is 10.2 Å². The minimum absolute atomic E-state index is 0.00231. The minimum Gasteiger partial charge on any atom is -0.506 e. The fraction of sp³-hybridized carbons (Fsp3) is 0. The average molecular weight is 200 g/mol. The van der Waals surface area contributed by atoms with E-state index in [1.54, 1.807) is 0 Å². The Balaban J connectivity index is 2.80. The molecule has 1 aliphatic rings. The lowest BCUT2D eigenvalue weighted by molar-refractivity contribution is 0.443. The van der Waals surface area contributed by atoms with Crippen LogP contribution in [0.3, 0.4) is 0 Å². The Hall–Kier alpha value is -1.47. The number of fused-ring (bicyclic) bond motifs is 1. The molecule has 7 heteroatoms. The van der Waals surface area contributed by atoms with Crippen LogP contribution in [-0.2, 0) is 10.1 Å². The van der Waals surface area contributed by atoms with Crippen molar-refractivity contribution >= 4 is 21.5 Å². The Bertz CT molecular complexity index is 506. The Kier molecular flexibility index (Phi) is 1.42. The van der Waals surface area contributed by atoms with Crippen LogP contribution in [0.2, 0.25) is 0 Å². The summed E-state index contributed by atoms with van der Waals surface area (Å²) < 4.78 is 30.2. The molecular formula is C6H4N2O4S. The number of phenols is 1. The molecule has 0 saturated carbocycles. The van der Waals surface area contributed by atoms with Crippen LogP contribution in [0, 0.1) is 0 Å². The second-order valence-electron chi connectivity index (χ2n) is 2.46. The lowest BCUT2D eigenvalue weighted by Gasteiger charge is -2.11. The van der Waals surface area contributed by atoms with Gasteiger partial charge in [-0.25, -0.2) is 0 Å². The van der Waals surface area contributed by atoms with E-state index in [0.29, 0.717) is 5.69 Å². The summed E-state index contributed by atoms with van der Waals surface area (Å²) in [5.74, 6) is -0.528. The maximum Gasteiger partial charge on any atom is 0.300 e. The molecule has 68 valence electrons. The lowest BCUT2D eigenvalue weighted by Crippen LogP contribution is -2.00. The summed E-state index contributed by atoms with van der Waals surface area (Å²) in [6, 6.07) is 2.55. The molecule has 0 aliphatic carbocycles. The average Bonchev–Trinajstić information content (AvgIpc) is 1.93. The number of hydrogen-bond acceptors (Lipinski definition) is 5. The first-order valence-electron chi connectivity index (χ1n) is 3.25. The molecule has 13 heavy (non-hydrogen) atoms. The first-order valence-corrected chi connectivity index (χ1v) is 4.69. The summed E-state index contributed by atoms with van der Waals surface area (Å²) in [6.45, 7) is 0. The molecule has 0 unspecified atom stereocenters. The number of benzene rings is 1. The van der Waals surface area contributed by atoms with Crippen molar-refractivity contribution in [2.75, 3.05) is 0 Å². The number of hydrogen-bond donors (Lipinski definition) is 2. The Morgan fingerprint density at radius 2 is 1.92 bits per heavy atom. The molecule has 0 amide bonds. The summed E-state index contributed by atoms with van der Waals surface area (Å²) in [6.07, 6.45) is 0. The molecule has 1 aliphatic heterocycles. The molecule has 2 rings (SSSR count). The van der Waals surface area contributed by atoms with Crippen molar-refractivity contribution < 1.29 is 18.1 Å². The largest absolute Gasteiger partial charge is 0.506 e. The number of aromatic hydroxyl groups is 1. The first kappa shape index (κ1) is 8.14. The predicted octanol–water partition coefficient (Wildman–Crippen LogP) is 1.37. The molecule has 0 radical (unpaired) electrons. The van der Waals surface area contributed by atoms with E-state index in [4.69, 9.17) is 9.66 Å². The maximum absolute atomic E-state index is 10.8. The zero-order valence-corrected chi connectivity index (χ0v) is 6.98. The quantitative estimate of drug-likeness (QED) is 0.679. The highest BCUT2D eigenvalue weighted by atomic mass is 32.2. The summed E-state index contributed by atoms with van der Waals surface area (Å²) in [5, 5.41) is 16.0. The zero-order chi connectivity index (χ0) is 9.64. The smallest absolute Gasteiger partial charge is 0.300 e. The Morgan fingerprint density at radius 3 is 2.31 bits per heavy atom. The van der Waals surface area contributed by atoms with E-state index in [0.717, 1.165) is 6.07 Å². The van der Waals surface area contributed by atoms with Gasteiger partial charge < -0.3 is 5.11 Å². The van der Waals surface area contributed by atoms with Crippen molar-refractivity contribution in [1.82, 2.24) is 0 Å². The third-order valence-electron chi connectivity index (χ3n) is 1.61. The van der Waals surface area contributed by atoms with Gasteiger partial charge in [-0.05, 0) is 12.1 Å². The summed E-state index contributed by atoms with van der Waals surface area (Å²) in [7, 11) is -4.44. The molecule has 0 fully saturated rings. The monoisotopic (exact) mass is 200 g/mol. The van der Waals surface area contributed by atoms with Gasteiger partial charge in [-0.1, -0.05) is 0 Å². The number of rotatable bonds is 1. The molecule has 6 nitrogen and oxygen atoms in total. The molecule has 0 bridgehead atoms. The summed E-state index contributed by atoms with van der Waals surface area (Å²) in [4.78, 5) is -0.583. The normalized spacial score (nSPS) is 13.6. The van der Waals surface area contributed by atoms with Crippen LogP contribution in [0.15, 0.2) is 27.3 Å². The van der Waals surface area contributed by atoms with Crippen LogP contribution in [0.25, 0.3) is 0 Å². The van der Waals surface area contributed by atoms with E-state index >= 15 is 0 Å². The van der Waals surface area contributed by atoms with Crippen LogP contribution >= 0.6 is 0 Å². The van der Waals surface area contributed by atoms with Crippen molar-refractivity contribution in [3.63, 3.8) is 0 Å². The van der Waals surface area contributed by atoms with Gasteiger partial charge in [0, 0.05) is 0 Å². The van der Waals surface area contributed by atoms with Gasteiger partial charge in [0.25, 0.3) is 0 Å². The van der Waals surface area contributed by atoms with Crippen LogP contribution < -0.4 is 0 Å². The van der Waals surface area contributed by atoms with Gasteiger partial charge in [0.15, 0.2) is 4.90 Å². The molecule has 2 N–H and O–H groups in total. The highest BCUT2D eigenvalue weighted by Crippen LogP contribution is 2.46. The van der Waals surface area contributed by atoms with Gasteiger partial charge in [0.05, 0.1) is 0 Å². The van der Waals surface area contributed by atoms with E-state index in [1.807, 2.05) is 0 Å². The first-order chi connectivity index (χ1) is 6.00. The van der Waals surface area contributed by atoms with Crippen molar-refractivity contribution in [2.45, 2.75) is 4.90 Å². The van der Waals surface area contributed by atoms with Crippen molar-refractivity contribution in [3.8, 4) is 5.75 Å². The van der Waals surface area contributed by atoms with Gasteiger partial charge in [0.2, 0.25) is 0 Å². The molecule has 0 spiro atoms. The van der Waals surface area contributed by atoms with E-state index in [9.17, 15) is 8.42 Å². The molecular weight excluding hydrogens is 196 g/mol. The van der Waals surface area contributed by atoms with Crippen molar-refractivity contribution in [2.24, 2.45) is 10.2 Å². The lowest BCUT2D eigenvalue weighted by atomic mass is 10.2. The topological polar surface area (TPSA) is 99.3 Å². The Labute approximate surface area is 73.3 Å². The maximum atomic E-state index is 10.8. The van der Waals surface area contributed by atoms with E-state index < -0.39 is 20.8 Å². The van der Waals surface area contributed by atoms with Gasteiger partial charge in [-0.2, -0.15) is 8.42 Å². The fourth-order valence-electron chi connectivity index (χ4n) is 1.04. The zero-order valence-electron chi connectivity index (χ0n) is 6.17. The molecule has 1 heterocycles. The van der Waals surface area contributed by atoms with E-state index in [-0.39, 0.29) is 5.69 Å². The SMILES string of the molecule is O=S(=O)(O)c1c(O)ccc2c1N=N2. The second-order valence-corrected chi connectivity index (χ2v) is 3.81. The molecule has 1 aromatic rings. The van der Waals surface area contributed by atoms with Crippen molar-refractivity contribution in [3.05, 3.63) is 12.1 Å². The van der Waals surface area contributed by atoms with Crippen LogP contribution in [0.1, 0.15) is 0 Å². The highest BCUT2D eigenvalue weighted by Gasteiger charge is 2.26. The molecule has 1 aromatic carbocycles. The van der Waals surface area contributed by atoms with Crippen LogP contribution in [0.4, 0.5) is 11.4 Å². The number of nitrogens with zero attached hydrogens (tertiary/aromatic N) is 2. The molecule has 0 atom stereocenters.